The number of halogens is 2. The second kappa shape index (κ2) is 5.42. The van der Waals surface area contributed by atoms with Gasteiger partial charge in [0.25, 0.3) is 0 Å². The minimum Gasteiger partial charge on any atom is -0.507 e. The van der Waals surface area contributed by atoms with Crippen LogP contribution in [0.25, 0.3) is 0 Å². The molecule has 0 radical (unpaired) electrons. The van der Waals surface area contributed by atoms with Gasteiger partial charge in [-0.05, 0) is 65.1 Å². The second-order valence-electron chi connectivity index (χ2n) is 3.17. The van der Waals surface area contributed by atoms with Crippen molar-refractivity contribution in [3.8, 4) is 5.75 Å². The van der Waals surface area contributed by atoms with Crippen LogP contribution in [0.3, 0.4) is 0 Å². The number of rotatable bonds is 2. The van der Waals surface area contributed by atoms with Crippen molar-refractivity contribution in [2.45, 2.75) is 9.79 Å². The van der Waals surface area contributed by atoms with E-state index in [0.29, 0.717) is 5.75 Å². The molecule has 0 saturated heterocycles. The molecule has 0 unspecified atom stereocenters. The summed E-state index contributed by atoms with van der Waals surface area (Å²) in [5, 5.41) is 9.59. The van der Waals surface area contributed by atoms with Gasteiger partial charge < -0.3 is 5.11 Å². The zero-order chi connectivity index (χ0) is 11.5. The van der Waals surface area contributed by atoms with Crippen LogP contribution in [0.5, 0.6) is 5.75 Å². The molecule has 0 heterocycles. The number of aromatic hydroxyl groups is 1. The first kappa shape index (κ1) is 12.3. The molecule has 0 aliphatic heterocycles. The first-order chi connectivity index (χ1) is 7.65. The Labute approximate surface area is 121 Å². The van der Waals surface area contributed by atoms with Crippen molar-refractivity contribution in [2.24, 2.45) is 0 Å². The Kier molecular flexibility index (Phi) is 4.16. The molecule has 0 spiro atoms. The number of phenols is 1. The van der Waals surface area contributed by atoms with Crippen LogP contribution in [0.4, 0.5) is 0 Å². The second-order valence-corrected chi connectivity index (χ2v) is 6.39. The van der Waals surface area contributed by atoms with Crippen LogP contribution in [-0.4, -0.2) is 5.11 Å². The van der Waals surface area contributed by atoms with Crippen LogP contribution in [0, 0.1) is 3.57 Å². The Bertz CT molecular complexity index is 499. The summed E-state index contributed by atoms with van der Waals surface area (Å²) in [7, 11) is 0. The molecular weight excluding hydrogens is 399 g/mol. The standard InChI is InChI=1S/C12H8BrIOS/c13-8-1-3-9(4-2-8)16-10-5-6-11(14)12(15)7-10/h1-7,15H. The fourth-order valence-electron chi connectivity index (χ4n) is 1.19. The molecule has 1 N–H and O–H groups in total. The summed E-state index contributed by atoms with van der Waals surface area (Å²) < 4.78 is 1.94. The van der Waals surface area contributed by atoms with E-state index in [0.717, 1.165) is 17.8 Å². The Balaban J connectivity index is 2.20. The molecule has 16 heavy (non-hydrogen) atoms. The van der Waals surface area contributed by atoms with E-state index >= 15 is 0 Å². The molecule has 0 amide bonds. The molecule has 0 fully saturated rings. The number of hydrogen-bond donors (Lipinski definition) is 1. The summed E-state index contributed by atoms with van der Waals surface area (Å²) in [6, 6.07) is 13.8. The van der Waals surface area contributed by atoms with Crippen LogP contribution in [0.15, 0.2) is 56.7 Å². The van der Waals surface area contributed by atoms with E-state index in [4.69, 9.17) is 0 Å². The molecule has 1 nitrogen and oxygen atoms in total. The lowest BCUT2D eigenvalue weighted by molar-refractivity contribution is 0.470. The monoisotopic (exact) mass is 406 g/mol. The minimum absolute atomic E-state index is 0.336. The van der Waals surface area contributed by atoms with Crippen molar-refractivity contribution in [2.75, 3.05) is 0 Å². The smallest absolute Gasteiger partial charge is 0.130 e. The Morgan fingerprint density at radius 3 is 2.25 bits per heavy atom. The van der Waals surface area contributed by atoms with E-state index in [1.54, 1.807) is 17.8 Å². The van der Waals surface area contributed by atoms with Crippen molar-refractivity contribution in [3.05, 3.63) is 50.5 Å². The lowest BCUT2D eigenvalue weighted by Gasteiger charge is -2.03. The van der Waals surface area contributed by atoms with Gasteiger partial charge in [-0.15, -0.1) is 0 Å². The largest absolute Gasteiger partial charge is 0.507 e. The zero-order valence-electron chi connectivity index (χ0n) is 8.15. The van der Waals surface area contributed by atoms with E-state index in [9.17, 15) is 5.11 Å². The molecule has 2 aromatic carbocycles. The predicted octanol–water partition coefficient (Wildman–Crippen LogP) is 4.91. The summed E-state index contributed by atoms with van der Waals surface area (Å²) in [5.41, 5.74) is 0. The van der Waals surface area contributed by atoms with Crippen molar-refractivity contribution >= 4 is 50.3 Å². The number of phenolic OH excluding ortho intramolecular Hbond substituents is 1. The van der Waals surface area contributed by atoms with Crippen molar-refractivity contribution in [1.82, 2.24) is 0 Å². The first-order valence-electron chi connectivity index (χ1n) is 4.57. The molecule has 0 bridgehead atoms. The molecule has 2 aromatic rings. The zero-order valence-corrected chi connectivity index (χ0v) is 12.7. The molecule has 4 heteroatoms. The van der Waals surface area contributed by atoms with Gasteiger partial charge in [0.15, 0.2) is 0 Å². The third-order valence-corrected chi connectivity index (χ3v) is 4.41. The highest BCUT2D eigenvalue weighted by Crippen LogP contribution is 2.32. The van der Waals surface area contributed by atoms with E-state index in [1.165, 1.54) is 0 Å². The highest BCUT2D eigenvalue weighted by Gasteiger charge is 2.01. The molecule has 82 valence electrons. The summed E-state index contributed by atoms with van der Waals surface area (Å²) in [6.07, 6.45) is 0. The van der Waals surface area contributed by atoms with Gasteiger partial charge >= 0.3 is 0 Å². The van der Waals surface area contributed by atoms with Crippen LogP contribution in [-0.2, 0) is 0 Å². The van der Waals surface area contributed by atoms with Gasteiger partial charge in [-0.2, -0.15) is 0 Å². The first-order valence-corrected chi connectivity index (χ1v) is 7.26. The lowest BCUT2D eigenvalue weighted by atomic mass is 10.3. The topological polar surface area (TPSA) is 20.2 Å². The minimum atomic E-state index is 0.336. The molecule has 0 atom stereocenters. The maximum Gasteiger partial charge on any atom is 0.130 e. The fourth-order valence-corrected chi connectivity index (χ4v) is 2.65. The van der Waals surface area contributed by atoms with E-state index in [1.807, 2.05) is 36.4 Å². The quantitative estimate of drug-likeness (QED) is 0.715. The molecule has 0 aliphatic carbocycles. The summed E-state index contributed by atoms with van der Waals surface area (Å²) in [5.74, 6) is 0.336. The molecule has 2 rings (SSSR count). The average molecular weight is 407 g/mol. The highest BCUT2D eigenvalue weighted by atomic mass is 127. The maximum atomic E-state index is 9.59. The van der Waals surface area contributed by atoms with Crippen molar-refractivity contribution < 1.29 is 5.11 Å². The Hall–Kier alpha value is -0.200. The van der Waals surface area contributed by atoms with E-state index in [-0.39, 0.29) is 0 Å². The van der Waals surface area contributed by atoms with Crippen LogP contribution in [0.2, 0.25) is 0 Å². The van der Waals surface area contributed by atoms with E-state index < -0.39 is 0 Å². The van der Waals surface area contributed by atoms with Crippen LogP contribution >= 0.6 is 50.3 Å². The summed E-state index contributed by atoms with van der Waals surface area (Å²) in [4.78, 5) is 2.20. The summed E-state index contributed by atoms with van der Waals surface area (Å²) >= 11 is 7.15. The van der Waals surface area contributed by atoms with Crippen molar-refractivity contribution in [3.63, 3.8) is 0 Å². The summed E-state index contributed by atoms with van der Waals surface area (Å²) in [6.45, 7) is 0. The van der Waals surface area contributed by atoms with Crippen LogP contribution < -0.4 is 0 Å². The number of benzene rings is 2. The molecule has 0 aromatic heterocycles. The predicted molar refractivity (Wildman–Crippen MR) is 79.1 cm³/mol. The lowest BCUT2D eigenvalue weighted by Crippen LogP contribution is -1.77. The average Bonchev–Trinajstić information content (AvgIpc) is 2.27. The maximum absolute atomic E-state index is 9.59. The molecule has 0 aliphatic rings. The van der Waals surface area contributed by atoms with Gasteiger partial charge in [0.1, 0.15) is 5.75 Å². The van der Waals surface area contributed by atoms with Crippen LogP contribution in [0.1, 0.15) is 0 Å². The third-order valence-electron chi connectivity index (χ3n) is 1.97. The number of hydrogen-bond acceptors (Lipinski definition) is 2. The Morgan fingerprint density at radius 2 is 1.62 bits per heavy atom. The fraction of sp³-hybridized carbons (Fsp3) is 0. The van der Waals surface area contributed by atoms with Gasteiger partial charge in [0, 0.05) is 14.3 Å². The molecule has 0 saturated carbocycles. The Morgan fingerprint density at radius 1 is 1.00 bits per heavy atom. The van der Waals surface area contributed by atoms with Gasteiger partial charge in [0.2, 0.25) is 0 Å². The van der Waals surface area contributed by atoms with E-state index in [2.05, 4.69) is 38.5 Å². The van der Waals surface area contributed by atoms with Crippen molar-refractivity contribution in [1.29, 1.82) is 0 Å². The normalized spacial score (nSPS) is 10.4. The SMILES string of the molecule is Oc1cc(Sc2ccc(Br)cc2)ccc1I. The van der Waals surface area contributed by atoms with Gasteiger partial charge in [0.05, 0.1) is 3.57 Å². The third kappa shape index (κ3) is 3.15. The van der Waals surface area contributed by atoms with Gasteiger partial charge in [-0.3, -0.25) is 0 Å². The van der Waals surface area contributed by atoms with Gasteiger partial charge in [-0.25, -0.2) is 0 Å². The molecular formula is C12H8BrIOS. The highest BCUT2D eigenvalue weighted by molar-refractivity contribution is 14.1. The van der Waals surface area contributed by atoms with Gasteiger partial charge in [-0.1, -0.05) is 27.7 Å².